The van der Waals surface area contributed by atoms with Gasteiger partial charge in [0.1, 0.15) is 22.8 Å². The van der Waals surface area contributed by atoms with Gasteiger partial charge in [-0.05, 0) is 6.92 Å². The van der Waals surface area contributed by atoms with E-state index in [-0.39, 0.29) is 11.3 Å². The number of rotatable bonds is 2. The molecule has 14 heavy (non-hydrogen) atoms. The molecule has 1 aromatic carbocycles. The average Bonchev–Trinajstić information content (AvgIpc) is 2.01. The molecule has 0 saturated heterocycles. The highest BCUT2D eigenvalue weighted by Gasteiger charge is 2.20. The van der Waals surface area contributed by atoms with Crippen LogP contribution in [0.4, 0.5) is 0 Å². The molecule has 1 aromatic rings. The summed E-state index contributed by atoms with van der Waals surface area (Å²) < 4.78 is 0. The van der Waals surface area contributed by atoms with Gasteiger partial charge in [-0.1, -0.05) is 0 Å². The molecule has 5 heteroatoms. The van der Waals surface area contributed by atoms with Gasteiger partial charge in [-0.3, -0.25) is 4.79 Å². The summed E-state index contributed by atoms with van der Waals surface area (Å²) in [7, 11) is 0. The van der Waals surface area contributed by atoms with Crippen LogP contribution in [0.15, 0.2) is 12.1 Å². The van der Waals surface area contributed by atoms with Crippen molar-refractivity contribution in [3.05, 3.63) is 17.7 Å². The Morgan fingerprint density at radius 3 is 2.07 bits per heavy atom. The predicted molar refractivity (Wildman–Crippen MR) is 49.4 cm³/mol. The minimum atomic E-state index is -0.823. The molecule has 0 aliphatic rings. The van der Waals surface area contributed by atoms with E-state index < -0.39 is 23.3 Å². The van der Waals surface area contributed by atoms with Crippen LogP contribution in [0, 0.1) is 0 Å². The Kier molecular flexibility index (Phi) is 2.62. The fraction of sp³-hybridized carbons (Fsp3) is 0.222. The van der Waals surface area contributed by atoms with E-state index in [1.54, 1.807) is 0 Å². The van der Waals surface area contributed by atoms with Crippen molar-refractivity contribution in [2.75, 3.05) is 0 Å². The maximum absolute atomic E-state index is 11.4. The van der Waals surface area contributed by atoms with E-state index in [1.165, 1.54) is 6.92 Å². The topological polar surface area (TPSA) is 104 Å². The summed E-state index contributed by atoms with van der Waals surface area (Å²) >= 11 is 0. The Hall–Kier alpha value is -1.75. The Labute approximate surface area is 80.4 Å². The van der Waals surface area contributed by atoms with Crippen LogP contribution in [0.5, 0.6) is 17.2 Å². The quantitative estimate of drug-likeness (QED) is 0.511. The number of aromatic hydroxyl groups is 3. The zero-order chi connectivity index (χ0) is 10.9. The highest BCUT2D eigenvalue weighted by molar-refractivity contribution is 6.04. The lowest BCUT2D eigenvalue weighted by Gasteiger charge is -2.08. The molecule has 1 rings (SSSR count). The molecule has 0 aromatic heterocycles. The Morgan fingerprint density at radius 1 is 1.29 bits per heavy atom. The van der Waals surface area contributed by atoms with E-state index >= 15 is 0 Å². The van der Waals surface area contributed by atoms with Gasteiger partial charge in [0.05, 0.1) is 6.04 Å². The third kappa shape index (κ3) is 1.77. The zero-order valence-electron chi connectivity index (χ0n) is 7.56. The van der Waals surface area contributed by atoms with Gasteiger partial charge in [-0.15, -0.1) is 0 Å². The van der Waals surface area contributed by atoms with Crippen molar-refractivity contribution < 1.29 is 20.1 Å². The molecule has 1 atom stereocenters. The van der Waals surface area contributed by atoms with Crippen molar-refractivity contribution in [2.45, 2.75) is 13.0 Å². The molecule has 0 bridgehead atoms. The number of benzene rings is 1. The minimum Gasteiger partial charge on any atom is -0.508 e. The SMILES string of the molecule is CC(N)C(=O)c1c(O)cc(O)cc1O. The number of phenolic OH excluding ortho intramolecular Hbond substituents is 3. The molecule has 5 nitrogen and oxygen atoms in total. The molecule has 0 radical (unpaired) electrons. The zero-order valence-corrected chi connectivity index (χ0v) is 7.56. The van der Waals surface area contributed by atoms with Gasteiger partial charge >= 0.3 is 0 Å². The lowest BCUT2D eigenvalue weighted by atomic mass is 10.0. The third-order valence-electron chi connectivity index (χ3n) is 1.74. The maximum Gasteiger partial charge on any atom is 0.186 e. The molecule has 0 spiro atoms. The predicted octanol–water partition coefficient (Wildman–Crippen LogP) is 0.333. The van der Waals surface area contributed by atoms with Crippen molar-refractivity contribution in [3.8, 4) is 17.2 Å². The van der Waals surface area contributed by atoms with Gasteiger partial charge in [0, 0.05) is 12.1 Å². The van der Waals surface area contributed by atoms with E-state index in [9.17, 15) is 15.0 Å². The summed E-state index contributed by atoms with van der Waals surface area (Å²) in [4.78, 5) is 11.4. The van der Waals surface area contributed by atoms with Crippen LogP contribution in [0.25, 0.3) is 0 Å². The second-order valence-electron chi connectivity index (χ2n) is 3.01. The summed E-state index contributed by atoms with van der Waals surface area (Å²) in [6.07, 6.45) is 0. The smallest absolute Gasteiger partial charge is 0.186 e. The lowest BCUT2D eigenvalue weighted by Crippen LogP contribution is -2.26. The fourth-order valence-electron chi connectivity index (χ4n) is 1.08. The largest absolute Gasteiger partial charge is 0.508 e. The molecule has 0 heterocycles. The highest BCUT2D eigenvalue weighted by Crippen LogP contribution is 2.32. The number of nitrogens with two attached hydrogens (primary N) is 1. The van der Waals surface area contributed by atoms with Gasteiger partial charge in [-0.25, -0.2) is 0 Å². The first-order valence-corrected chi connectivity index (χ1v) is 3.98. The van der Waals surface area contributed by atoms with Crippen LogP contribution in [0.3, 0.4) is 0 Å². The highest BCUT2D eigenvalue weighted by atomic mass is 16.3. The lowest BCUT2D eigenvalue weighted by molar-refractivity contribution is 0.0962. The van der Waals surface area contributed by atoms with Crippen LogP contribution in [0.2, 0.25) is 0 Å². The molecule has 0 amide bonds. The van der Waals surface area contributed by atoms with Gasteiger partial charge in [-0.2, -0.15) is 0 Å². The minimum absolute atomic E-state index is 0.266. The van der Waals surface area contributed by atoms with Crippen LogP contribution < -0.4 is 5.73 Å². The summed E-state index contributed by atoms with van der Waals surface area (Å²) in [6, 6.07) is 1.11. The maximum atomic E-state index is 11.4. The monoisotopic (exact) mass is 197 g/mol. The Bertz CT molecular complexity index is 350. The van der Waals surface area contributed by atoms with E-state index in [0.717, 1.165) is 12.1 Å². The molecule has 1 unspecified atom stereocenters. The summed E-state index contributed by atoms with van der Waals surface area (Å²) in [6.45, 7) is 1.44. The van der Waals surface area contributed by atoms with Crippen LogP contribution in [0.1, 0.15) is 17.3 Å². The molecular formula is C9H11NO4. The van der Waals surface area contributed by atoms with Crippen molar-refractivity contribution in [1.29, 1.82) is 0 Å². The normalized spacial score (nSPS) is 12.4. The molecule has 0 fully saturated rings. The summed E-state index contributed by atoms with van der Waals surface area (Å²) in [5.41, 5.74) is 5.04. The van der Waals surface area contributed by atoms with E-state index in [0.29, 0.717) is 0 Å². The number of hydrogen-bond acceptors (Lipinski definition) is 5. The number of phenols is 3. The second kappa shape index (κ2) is 3.55. The van der Waals surface area contributed by atoms with E-state index in [2.05, 4.69) is 0 Å². The molecule has 5 N–H and O–H groups in total. The van der Waals surface area contributed by atoms with Gasteiger partial charge in [0.25, 0.3) is 0 Å². The van der Waals surface area contributed by atoms with E-state index in [4.69, 9.17) is 10.8 Å². The van der Waals surface area contributed by atoms with E-state index in [1.807, 2.05) is 0 Å². The molecule has 76 valence electrons. The third-order valence-corrected chi connectivity index (χ3v) is 1.74. The average molecular weight is 197 g/mol. The molecule has 0 aliphatic carbocycles. The number of carbonyl (C=O) groups is 1. The van der Waals surface area contributed by atoms with Crippen molar-refractivity contribution in [3.63, 3.8) is 0 Å². The molecule has 0 saturated carbocycles. The van der Waals surface area contributed by atoms with Crippen LogP contribution in [-0.2, 0) is 0 Å². The number of ketones is 1. The van der Waals surface area contributed by atoms with Gasteiger partial charge in [0.2, 0.25) is 0 Å². The molecule has 0 aliphatic heterocycles. The van der Waals surface area contributed by atoms with Crippen molar-refractivity contribution in [1.82, 2.24) is 0 Å². The number of hydrogen-bond donors (Lipinski definition) is 4. The Balaban J connectivity index is 3.28. The number of carbonyl (C=O) groups excluding carboxylic acids is 1. The Morgan fingerprint density at radius 2 is 1.71 bits per heavy atom. The van der Waals surface area contributed by atoms with Crippen LogP contribution >= 0.6 is 0 Å². The van der Waals surface area contributed by atoms with Crippen molar-refractivity contribution >= 4 is 5.78 Å². The first kappa shape index (κ1) is 10.3. The summed E-state index contributed by atoms with van der Waals surface area (Å²) in [5.74, 6) is -1.86. The standard InChI is InChI=1S/C9H11NO4/c1-4(10)9(14)8-6(12)2-5(11)3-7(8)13/h2-4,11-13H,10H2,1H3. The first-order chi connectivity index (χ1) is 6.43. The van der Waals surface area contributed by atoms with Crippen LogP contribution in [-0.4, -0.2) is 27.1 Å². The van der Waals surface area contributed by atoms with Gasteiger partial charge in [0.15, 0.2) is 5.78 Å². The number of Topliss-reactive ketones (excluding diaryl/α,β-unsaturated/α-hetero) is 1. The fourth-order valence-corrected chi connectivity index (χ4v) is 1.08. The summed E-state index contributed by atoms with van der Waals surface area (Å²) in [5, 5.41) is 27.6. The van der Waals surface area contributed by atoms with Crippen molar-refractivity contribution in [2.24, 2.45) is 5.73 Å². The second-order valence-corrected chi connectivity index (χ2v) is 3.01. The molecular weight excluding hydrogens is 186 g/mol. The van der Waals surface area contributed by atoms with Gasteiger partial charge < -0.3 is 21.1 Å². The first-order valence-electron chi connectivity index (χ1n) is 3.98.